The third kappa shape index (κ3) is 2.55. The van der Waals surface area contributed by atoms with E-state index in [-0.39, 0.29) is 0 Å². The normalized spacial score (nSPS) is 20.6. The van der Waals surface area contributed by atoms with E-state index in [1.807, 2.05) is 6.20 Å². The molecule has 0 bridgehead atoms. The zero-order valence-electron chi connectivity index (χ0n) is 11.5. The van der Waals surface area contributed by atoms with E-state index in [4.69, 9.17) is 0 Å². The topological polar surface area (TPSA) is 44.0 Å². The van der Waals surface area contributed by atoms with Gasteiger partial charge in [-0.25, -0.2) is 4.98 Å². The molecule has 1 aliphatic heterocycles. The number of hydrogen-bond acceptors (Lipinski definition) is 3. The van der Waals surface area contributed by atoms with Crippen LogP contribution in [0.4, 0.5) is 0 Å². The number of benzene rings is 1. The summed E-state index contributed by atoms with van der Waals surface area (Å²) in [6, 6.07) is 8.87. The van der Waals surface area contributed by atoms with Gasteiger partial charge in [0.2, 0.25) is 0 Å². The highest BCUT2D eigenvalue weighted by Crippen LogP contribution is 2.22. The number of aromatic nitrogens is 2. The first-order chi connectivity index (χ1) is 9.24. The second-order valence-electron chi connectivity index (χ2n) is 5.25. The standard InChI is InChI=1S/C15H20N4/c1-11-3-5-12(6-4-11)13-9-17-15(18-13)14-10-16-7-8-19(14)2/h3-6,9,14,16H,7-8,10H2,1-2H3,(H,17,18). The molecule has 1 aromatic heterocycles. The summed E-state index contributed by atoms with van der Waals surface area (Å²) in [5.74, 6) is 1.05. The minimum absolute atomic E-state index is 0.341. The summed E-state index contributed by atoms with van der Waals surface area (Å²) in [5, 5.41) is 3.42. The van der Waals surface area contributed by atoms with Gasteiger partial charge in [0, 0.05) is 19.6 Å². The molecule has 1 fully saturated rings. The van der Waals surface area contributed by atoms with E-state index in [2.05, 4.69) is 58.4 Å². The smallest absolute Gasteiger partial charge is 0.125 e. The molecule has 1 aliphatic rings. The van der Waals surface area contributed by atoms with Crippen molar-refractivity contribution >= 4 is 0 Å². The van der Waals surface area contributed by atoms with Crippen LogP contribution in [0.1, 0.15) is 17.4 Å². The zero-order valence-corrected chi connectivity index (χ0v) is 11.5. The maximum Gasteiger partial charge on any atom is 0.125 e. The number of likely N-dealkylation sites (N-methyl/N-ethyl adjacent to an activating group) is 1. The van der Waals surface area contributed by atoms with E-state index < -0.39 is 0 Å². The Morgan fingerprint density at radius 1 is 1.26 bits per heavy atom. The van der Waals surface area contributed by atoms with Crippen molar-refractivity contribution in [2.75, 3.05) is 26.7 Å². The minimum atomic E-state index is 0.341. The van der Waals surface area contributed by atoms with Crippen molar-refractivity contribution in [3.8, 4) is 11.3 Å². The van der Waals surface area contributed by atoms with Crippen LogP contribution in [0.25, 0.3) is 11.3 Å². The highest BCUT2D eigenvalue weighted by molar-refractivity contribution is 5.58. The molecule has 0 amide bonds. The lowest BCUT2D eigenvalue weighted by Gasteiger charge is -2.31. The Morgan fingerprint density at radius 3 is 2.79 bits per heavy atom. The first-order valence-electron chi connectivity index (χ1n) is 6.77. The Bertz CT molecular complexity index is 544. The molecule has 4 heteroatoms. The van der Waals surface area contributed by atoms with Gasteiger partial charge in [-0.3, -0.25) is 4.90 Å². The van der Waals surface area contributed by atoms with Crippen LogP contribution in [0.3, 0.4) is 0 Å². The molecule has 4 nitrogen and oxygen atoms in total. The van der Waals surface area contributed by atoms with Crippen molar-refractivity contribution in [2.24, 2.45) is 0 Å². The van der Waals surface area contributed by atoms with Crippen LogP contribution in [0.15, 0.2) is 30.5 Å². The van der Waals surface area contributed by atoms with E-state index in [0.717, 1.165) is 31.2 Å². The average molecular weight is 256 g/mol. The van der Waals surface area contributed by atoms with Crippen molar-refractivity contribution in [1.82, 2.24) is 20.2 Å². The number of aryl methyl sites for hydroxylation is 1. The molecule has 1 saturated heterocycles. The summed E-state index contributed by atoms with van der Waals surface area (Å²) >= 11 is 0. The Labute approximate surface area is 113 Å². The zero-order chi connectivity index (χ0) is 13.2. The number of nitrogens with zero attached hydrogens (tertiary/aromatic N) is 2. The van der Waals surface area contributed by atoms with Crippen molar-refractivity contribution in [3.05, 3.63) is 41.9 Å². The van der Waals surface area contributed by atoms with Gasteiger partial charge in [-0.1, -0.05) is 29.8 Å². The molecular formula is C15H20N4. The molecule has 0 saturated carbocycles. The molecule has 0 radical (unpaired) electrons. The molecule has 1 unspecified atom stereocenters. The van der Waals surface area contributed by atoms with E-state index in [0.29, 0.717) is 6.04 Å². The maximum absolute atomic E-state index is 4.55. The van der Waals surface area contributed by atoms with Crippen molar-refractivity contribution in [2.45, 2.75) is 13.0 Å². The first kappa shape index (κ1) is 12.4. The summed E-state index contributed by atoms with van der Waals surface area (Å²) in [6.45, 7) is 5.17. The third-order valence-electron chi connectivity index (χ3n) is 3.78. The molecule has 1 atom stereocenters. The van der Waals surface area contributed by atoms with E-state index in [1.54, 1.807) is 0 Å². The van der Waals surface area contributed by atoms with E-state index in [1.165, 1.54) is 11.1 Å². The van der Waals surface area contributed by atoms with Crippen LogP contribution in [-0.4, -0.2) is 41.5 Å². The fourth-order valence-electron chi connectivity index (χ4n) is 2.50. The van der Waals surface area contributed by atoms with Gasteiger partial charge < -0.3 is 10.3 Å². The fraction of sp³-hybridized carbons (Fsp3) is 0.400. The fourth-order valence-corrected chi connectivity index (χ4v) is 2.50. The van der Waals surface area contributed by atoms with Crippen LogP contribution in [0, 0.1) is 6.92 Å². The van der Waals surface area contributed by atoms with Crippen molar-refractivity contribution in [3.63, 3.8) is 0 Å². The number of piperazine rings is 1. The van der Waals surface area contributed by atoms with Crippen LogP contribution < -0.4 is 5.32 Å². The highest BCUT2D eigenvalue weighted by atomic mass is 15.2. The summed E-state index contributed by atoms with van der Waals surface area (Å²) in [6.07, 6.45) is 1.93. The highest BCUT2D eigenvalue weighted by Gasteiger charge is 2.22. The predicted molar refractivity (Wildman–Crippen MR) is 77.0 cm³/mol. The molecule has 0 spiro atoms. The molecule has 100 valence electrons. The molecular weight excluding hydrogens is 236 g/mol. The van der Waals surface area contributed by atoms with Gasteiger partial charge in [0.05, 0.1) is 17.9 Å². The molecule has 2 heterocycles. The number of aromatic amines is 1. The molecule has 19 heavy (non-hydrogen) atoms. The van der Waals surface area contributed by atoms with Gasteiger partial charge in [0.15, 0.2) is 0 Å². The van der Waals surface area contributed by atoms with Crippen molar-refractivity contribution in [1.29, 1.82) is 0 Å². The lowest BCUT2D eigenvalue weighted by molar-refractivity contribution is 0.195. The number of rotatable bonds is 2. The average Bonchev–Trinajstić information content (AvgIpc) is 2.89. The van der Waals surface area contributed by atoms with E-state index >= 15 is 0 Å². The van der Waals surface area contributed by atoms with Crippen LogP contribution in [-0.2, 0) is 0 Å². The number of imidazole rings is 1. The van der Waals surface area contributed by atoms with Gasteiger partial charge in [-0.2, -0.15) is 0 Å². The van der Waals surface area contributed by atoms with Crippen LogP contribution in [0.2, 0.25) is 0 Å². The Morgan fingerprint density at radius 2 is 2.05 bits per heavy atom. The SMILES string of the molecule is Cc1ccc(-c2cnc(C3CNCCN3C)[nH]2)cc1. The van der Waals surface area contributed by atoms with Gasteiger partial charge >= 0.3 is 0 Å². The maximum atomic E-state index is 4.55. The van der Waals surface area contributed by atoms with Gasteiger partial charge in [0.25, 0.3) is 0 Å². The predicted octanol–water partition coefficient (Wildman–Crippen LogP) is 1.96. The van der Waals surface area contributed by atoms with E-state index in [9.17, 15) is 0 Å². The minimum Gasteiger partial charge on any atom is -0.341 e. The molecule has 0 aliphatic carbocycles. The molecule has 3 rings (SSSR count). The molecule has 2 N–H and O–H groups in total. The number of hydrogen-bond donors (Lipinski definition) is 2. The molecule has 1 aromatic carbocycles. The lowest BCUT2D eigenvalue weighted by atomic mass is 10.1. The Hall–Kier alpha value is -1.65. The monoisotopic (exact) mass is 256 g/mol. The van der Waals surface area contributed by atoms with Gasteiger partial charge in [-0.15, -0.1) is 0 Å². The first-order valence-corrected chi connectivity index (χ1v) is 6.77. The van der Waals surface area contributed by atoms with Gasteiger partial charge in [-0.05, 0) is 19.5 Å². The second kappa shape index (κ2) is 5.15. The third-order valence-corrected chi connectivity index (χ3v) is 3.78. The number of nitrogens with one attached hydrogen (secondary N) is 2. The number of H-pyrrole nitrogens is 1. The Balaban J connectivity index is 1.84. The quantitative estimate of drug-likeness (QED) is 0.863. The summed E-state index contributed by atoms with van der Waals surface area (Å²) in [4.78, 5) is 10.3. The van der Waals surface area contributed by atoms with Crippen molar-refractivity contribution < 1.29 is 0 Å². The van der Waals surface area contributed by atoms with Gasteiger partial charge in [0.1, 0.15) is 5.82 Å². The second-order valence-corrected chi connectivity index (χ2v) is 5.25. The Kier molecular flexibility index (Phi) is 3.36. The van der Waals surface area contributed by atoms with Crippen LogP contribution >= 0.6 is 0 Å². The summed E-state index contributed by atoms with van der Waals surface area (Å²) < 4.78 is 0. The summed E-state index contributed by atoms with van der Waals surface area (Å²) in [7, 11) is 2.15. The van der Waals surface area contributed by atoms with Crippen LogP contribution in [0.5, 0.6) is 0 Å². The molecule has 2 aromatic rings. The largest absolute Gasteiger partial charge is 0.341 e. The lowest BCUT2D eigenvalue weighted by Crippen LogP contribution is -2.44. The summed E-state index contributed by atoms with van der Waals surface area (Å²) in [5.41, 5.74) is 3.56.